The first-order valence-corrected chi connectivity index (χ1v) is 17.9. The van der Waals surface area contributed by atoms with Gasteiger partial charge in [-0.15, -0.1) is 0 Å². The molecule has 3 heterocycles. The number of carbonyl (C=O) groups excluding carboxylic acids is 1. The number of unbranched alkanes of at least 4 members (excludes halogenated alkanes) is 6. The number of H-pyrrole nitrogens is 1. The highest BCUT2D eigenvalue weighted by atomic mass is 32.1. The van der Waals surface area contributed by atoms with Crippen LogP contribution in [0.5, 0.6) is 5.75 Å². The van der Waals surface area contributed by atoms with E-state index in [9.17, 15) is 19.8 Å². The number of likely N-dealkylation sites (tertiary alicyclic amines) is 1. The molecule has 2 fully saturated rings. The van der Waals surface area contributed by atoms with Gasteiger partial charge in [0.05, 0.1) is 28.4 Å². The molecular formula is C36H52N4O5S. The second kappa shape index (κ2) is 15.9. The van der Waals surface area contributed by atoms with Crippen LogP contribution in [-0.4, -0.2) is 88.9 Å². The van der Waals surface area contributed by atoms with Crippen LogP contribution in [0.25, 0.3) is 10.2 Å². The smallest absolute Gasteiger partial charge is 0.305 e. The summed E-state index contributed by atoms with van der Waals surface area (Å²) in [7, 11) is 0. The molecule has 2 aliphatic rings. The number of rotatable bonds is 15. The number of amides is 1. The topological polar surface area (TPSA) is 118 Å². The number of hydrogen-bond acceptors (Lipinski definition) is 8. The Morgan fingerprint density at radius 1 is 1.02 bits per heavy atom. The van der Waals surface area contributed by atoms with E-state index in [0.717, 1.165) is 62.3 Å². The van der Waals surface area contributed by atoms with Crippen LogP contribution in [0.15, 0.2) is 47.3 Å². The molecular weight excluding hydrogens is 600 g/mol. The number of phenolic OH excluding ortho intramolecular Hbond substituents is 1. The van der Waals surface area contributed by atoms with Gasteiger partial charge in [-0.2, -0.15) is 0 Å². The molecule has 1 aromatic heterocycles. The second-order valence-corrected chi connectivity index (χ2v) is 14.7. The van der Waals surface area contributed by atoms with Crippen LogP contribution < -0.4 is 10.2 Å². The zero-order valence-electron chi connectivity index (χ0n) is 27.6. The molecule has 252 valence electrons. The van der Waals surface area contributed by atoms with Gasteiger partial charge in [-0.05, 0) is 64.3 Å². The van der Waals surface area contributed by atoms with Crippen molar-refractivity contribution in [3.8, 4) is 5.75 Å². The fourth-order valence-corrected chi connectivity index (χ4v) is 7.92. The maximum atomic E-state index is 13.6. The van der Waals surface area contributed by atoms with Crippen LogP contribution in [-0.2, 0) is 14.9 Å². The molecule has 0 unspecified atom stereocenters. The van der Waals surface area contributed by atoms with E-state index in [0.29, 0.717) is 42.0 Å². The first kappa shape index (κ1) is 34.6. The fourth-order valence-electron chi connectivity index (χ4n) is 7.00. The predicted molar refractivity (Wildman–Crippen MR) is 185 cm³/mol. The highest BCUT2D eigenvalue weighted by Crippen LogP contribution is 2.34. The van der Waals surface area contributed by atoms with Crippen LogP contribution in [0.1, 0.15) is 88.9 Å². The normalized spacial score (nSPS) is 17.9. The highest BCUT2D eigenvalue weighted by Gasteiger charge is 2.43. The average Bonchev–Trinajstić information content (AvgIpc) is 3.47. The minimum Gasteiger partial charge on any atom is -0.506 e. The van der Waals surface area contributed by atoms with Crippen molar-refractivity contribution < 1.29 is 19.7 Å². The Kier molecular flexibility index (Phi) is 11.9. The Morgan fingerprint density at radius 3 is 2.46 bits per heavy atom. The monoisotopic (exact) mass is 652 g/mol. The third kappa shape index (κ3) is 8.58. The van der Waals surface area contributed by atoms with Crippen LogP contribution in [0.2, 0.25) is 0 Å². The molecule has 2 aliphatic heterocycles. The zero-order chi connectivity index (χ0) is 32.6. The summed E-state index contributed by atoms with van der Waals surface area (Å²) in [5.41, 5.74) is 1.38. The van der Waals surface area contributed by atoms with Crippen LogP contribution in [0, 0.1) is 0 Å². The molecule has 0 saturated carbocycles. The van der Waals surface area contributed by atoms with Crippen molar-refractivity contribution in [2.75, 3.05) is 52.4 Å². The van der Waals surface area contributed by atoms with E-state index >= 15 is 0 Å². The maximum absolute atomic E-state index is 13.6. The number of fused-ring (bicyclic) bond motifs is 1. The molecule has 0 radical (unpaired) electrons. The molecule has 4 N–H and O–H groups in total. The molecule has 0 aliphatic carbocycles. The lowest BCUT2D eigenvalue weighted by Gasteiger charge is -2.48. The van der Waals surface area contributed by atoms with Crippen molar-refractivity contribution >= 4 is 27.5 Å². The minimum atomic E-state index is -0.730. The molecule has 0 bridgehead atoms. The van der Waals surface area contributed by atoms with Crippen molar-refractivity contribution in [2.24, 2.45) is 0 Å². The van der Waals surface area contributed by atoms with Gasteiger partial charge in [0, 0.05) is 38.3 Å². The van der Waals surface area contributed by atoms with Crippen molar-refractivity contribution in [1.82, 2.24) is 20.1 Å². The molecule has 10 heteroatoms. The molecule has 46 heavy (non-hydrogen) atoms. The summed E-state index contributed by atoms with van der Waals surface area (Å²) in [6.07, 6.45) is 9.70. The van der Waals surface area contributed by atoms with Crippen molar-refractivity contribution in [3.63, 3.8) is 0 Å². The number of nitrogens with one attached hydrogen (secondary N) is 2. The van der Waals surface area contributed by atoms with Gasteiger partial charge in [-0.1, -0.05) is 79.8 Å². The number of carbonyl (C=O) groups is 1. The largest absolute Gasteiger partial charge is 0.506 e. The molecule has 2 saturated heterocycles. The second-order valence-electron chi connectivity index (χ2n) is 13.7. The van der Waals surface area contributed by atoms with Gasteiger partial charge >= 0.3 is 4.87 Å². The third-order valence-corrected chi connectivity index (χ3v) is 10.9. The van der Waals surface area contributed by atoms with Crippen molar-refractivity contribution in [1.29, 1.82) is 0 Å². The number of aromatic amines is 1. The quantitative estimate of drug-likeness (QED) is 0.164. The van der Waals surface area contributed by atoms with Crippen molar-refractivity contribution in [2.45, 2.75) is 88.8 Å². The predicted octanol–water partition coefficient (Wildman–Crippen LogP) is 5.32. The number of aliphatic hydroxyl groups excluding tert-OH is 1. The Balaban J connectivity index is 0.902. The number of hydrogen-bond donors (Lipinski definition) is 4. The third-order valence-electron chi connectivity index (χ3n) is 9.95. The van der Waals surface area contributed by atoms with Gasteiger partial charge in [-0.3, -0.25) is 9.59 Å². The van der Waals surface area contributed by atoms with Crippen LogP contribution >= 0.6 is 11.3 Å². The fraction of sp³-hybridized carbons (Fsp3) is 0.611. The maximum Gasteiger partial charge on any atom is 0.305 e. The molecule has 3 aromatic rings. The van der Waals surface area contributed by atoms with Crippen molar-refractivity contribution in [3.05, 3.63) is 63.3 Å². The van der Waals surface area contributed by atoms with Crippen LogP contribution in [0.4, 0.5) is 0 Å². The van der Waals surface area contributed by atoms with Gasteiger partial charge in [0.2, 0.25) is 5.91 Å². The van der Waals surface area contributed by atoms with E-state index < -0.39 is 11.5 Å². The summed E-state index contributed by atoms with van der Waals surface area (Å²) < 4.78 is 6.97. The molecule has 1 atom stereocenters. The Labute approximate surface area is 277 Å². The van der Waals surface area contributed by atoms with E-state index in [1.807, 2.05) is 32.0 Å². The molecule has 1 amide bonds. The van der Waals surface area contributed by atoms with E-state index in [2.05, 4.69) is 32.2 Å². The summed E-state index contributed by atoms with van der Waals surface area (Å²) in [6, 6.07) is 13.3. The zero-order valence-corrected chi connectivity index (χ0v) is 28.4. The first-order valence-electron chi connectivity index (χ1n) is 17.1. The van der Waals surface area contributed by atoms with Gasteiger partial charge in [0.15, 0.2) is 0 Å². The number of ether oxygens (including phenoxy) is 1. The number of phenols is 1. The first-order chi connectivity index (χ1) is 22.2. The summed E-state index contributed by atoms with van der Waals surface area (Å²) >= 11 is 1.01. The van der Waals surface area contributed by atoms with E-state index in [1.165, 1.54) is 44.6 Å². The lowest BCUT2D eigenvalue weighted by Crippen LogP contribution is -2.60. The molecule has 1 spiro atoms. The standard InChI is InChI=1S/C36H52N4O5S/c1-35(2,27-13-9-8-10-14-27)33(43)40-23-24-45-36(26-40)17-21-39(22-18-36)20-12-7-5-3-4-6-11-19-37-25-30(42)28-15-16-29(41)31-32(28)46-34(44)38-31/h8-10,13-16,30,37,41-42H,3-7,11-12,17-26H2,1-2H3,(H,38,44)/t30-/m0/s1. The van der Waals surface area contributed by atoms with Gasteiger partial charge < -0.3 is 35.1 Å². The molecule has 5 rings (SSSR count). The SMILES string of the molecule is CC(C)(C(=O)N1CCOC2(CCN(CCCCCCCCCNC[C@H](O)c3ccc(O)c4[nH]c(=O)sc34)CC2)C1)c1ccccc1. The summed E-state index contributed by atoms with van der Waals surface area (Å²) in [5, 5.41) is 23.9. The Morgan fingerprint density at radius 2 is 1.72 bits per heavy atom. The summed E-state index contributed by atoms with van der Waals surface area (Å²) in [4.78, 5) is 32.3. The van der Waals surface area contributed by atoms with E-state index in [-0.39, 0.29) is 22.1 Å². The number of morpholine rings is 1. The number of aliphatic hydroxyl groups is 1. The summed E-state index contributed by atoms with van der Waals surface area (Å²) in [5.74, 6) is 0.224. The molecule has 9 nitrogen and oxygen atoms in total. The number of nitrogens with zero attached hydrogens (tertiary/aromatic N) is 2. The highest BCUT2D eigenvalue weighted by molar-refractivity contribution is 7.16. The Hall–Kier alpha value is -2.76. The number of aromatic nitrogens is 1. The van der Waals surface area contributed by atoms with E-state index in [1.54, 1.807) is 6.07 Å². The number of benzene rings is 2. The number of aromatic hydroxyl groups is 1. The van der Waals surface area contributed by atoms with Gasteiger partial charge in [-0.25, -0.2) is 0 Å². The van der Waals surface area contributed by atoms with Gasteiger partial charge in [0.25, 0.3) is 0 Å². The minimum absolute atomic E-state index is 0.0254. The number of thiazole rings is 1. The lowest BCUT2D eigenvalue weighted by atomic mass is 9.82. The van der Waals surface area contributed by atoms with Crippen LogP contribution in [0.3, 0.4) is 0 Å². The number of piperidine rings is 1. The molecule has 2 aromatic carbocycles. The lowest BCUT2D eigenvalue weighted by molar-refractivity contribution is -0.163. The van der Waals surface area contributed by atoms with E-state index in [4.69, 9.17) is 4.74 Å². The summed E-state index contributed by atoms with van der Waals surface area (Å²) in [6.45, 7) is 10.5. The average molecular weight is 653 g/mol. The Bertz CT molecular complexity index is 1460. The van der Waals surface area contributed by atoms with Gasteiger partial charge in [0.1, 0.15) is 11.3 Å².